The third-order valence-electron chi connectivity index (χ3n) is 4.70. The molecule has 0 bridgehead atoms. The largest absolute Gasteiger partial charge is 0.493 e. The van der Waals surface area contributed by atoms with Crippen LogP contribution in [0.15, 0.2) is 42.5 Å². The van der Waals surface area contributed by atoms with Crippen LogP contribution in [-0.2, 0) is 0 Å². The second kappa shape index (κ2) is 11.5. The van der Waals surface area contributed by atoms with Gasteiger partial charge in [0.15, 0.2) is 11.5 Å². The van der Waals surface area contributed by atoms with Gasteiger partial charge in [0.25, 0.3) is 0 Å². The summed E-state index contributed by atoms with van der Waals surface area (Å²) in [7, 11) is 4.92. The molecule has 26 heavy (non-hydrogen) atoms. The van der Waals surface area contributed by atoms with Gasteiger partial charge in [-0.25, -0.2) is 0 Å². The van der Waals surface area contributed by atoms with Crippen LogP contribution in [-0.4, -0.2) is 21.3 Å². The van der Waals surface area contributed by atoms with Crippen molar-refractivity contribution < 1.29 is 14.2 Å². The molecule has 1 unspecified atom stereocenters. The Morgan fingerprint density at radius 1 is 1.04 bits per heavy atom. The first-order valence-electron chi connectivity index (χ1n) is 9.39. The summed E-state index contributed by atoms with van der Waals surface area (Å²) in [6.07, 6.45) is 10.8. The third-order valence-corrected chi connectivity index (χ3v) is 4.70. The predicted octanol–water partition coefficient (Wildman–Crippen LogP) is 6.44. The highest BCUT2D eigenvalue weighted by atomic mass is 16.5. The molecule has 1 rings (SSSR count). The first-order valence-corrected chi connectivity index (χ1v) is 9.39. The Labute approximate surface area is 159 Å². The van der Waals surface area contributed by atoms with Crippen molar-refractivity contribution in [3.05, 3.63) is 48.1 Å². The lowest BCUT2D eigenvalue weighted by atomic mass is 9.90. The van der Waals surface area contributed by atoms with E-state index in [0.29, 0.717) is 23.2 Å². The molecule has 3 heteroatoms. The summed E-state index contributed by atoms with van der Waals surface area (Å²) in [5, 5.41) is 0. The van der Waals surface area contributed by atoms with Gasteiger partial charge in [0.05, 0.1) is 21.3 Å². The quantitative estimate of drug-likeness (QED) is 0.426. The smallest absolute Gasteiger partial charge is 0.203 e. The van der Waals surface area contributed by atoms with E-state index < -0.39 is 0 Å². The Bertz CT molecular complexity index is 616. The lowest BCUT2D eigenvalue weighted by Crippen LogP contribution is -2.01. The van der Waals surface area contributed by atoms with Crippen LogP contribution in [0, 0.1) is 5.92 Å². The standard InChI is InChI=1S/C23H34O3/c1-8-11-12-18(10-3)13-14-20(17(4)9-2)19-15-21(24-5)23(26-7)22(16-19)25-6/h10,13-17H,3,8-9,11-12H2,1-2,4-7H3/b18-13+,20-14+. The maximum Gasteiger partial charge on any atom is 0.203 e. The van der Waals surface area contributed by atoms with Gasteiger partial charge in [-0.1, -0.05) is 52.0 Å². The molecule has 0 saturated heterocycles. The molecule has 0 fully saturated rings. The Morgan fingerprint density at radius 2 is 1.65 bits per heavy atom. The van der Waals surface area contributed by atoms with Crippen molar-refractivity contribution in [3.8, 4) is 17.2 Å². The maximum absolute atomic E-state index is 5.52. The maximum atomic E-state index is 5.52. The Balaban J connectivity index is 3.43. The van der Waals surface area contributed by atoms with Gasteiger partial charge in [-0.05, 0) is 54.0 Å². The average molecular weight is 359 g/mol. The number of methoxy groups -OCH3 is 3. The van der Waals surface area contributed by atoms with E-state index in [1.54, 1.807) is 21.3 Å². The highest BCUT2D eigenvalue weighted by Gasteiger charge is 2.17. The summed E-state index contributed by atoms with van der Waals surface area (Å²) < 4.78 is 16.5. The number of allylic oxidation sites excluding steroid dienone is 5. The number of ether oxygens (including phenoxy) is 3. The SMILES string of the molecule is C=C/C(=C\C=C(\c1cc(OC)c(OC)c(OC)c1)C(C)CC)CCCC. The molecule has 0 amide bonds. The predicted molar refractivity (Wildman–Crippen MR) is 111 cm³/mol. The van der Waals surface area contributed by atoms with Crippen molar-refractivity contribution >= 4 is 5.57 Å². The average Bonchev–Trinajstić information content (AvgIpc) is 2.68. The molecule has 0 aliphatic rings. The monoisotopic (exact) mass is 358 g/mol. The van der Waals surface area contributed by atoms with Crippen LogP contribution in [0.25, 0.3) is 5.57 Å². The van der Waals surface area contributed by atoms with Crippen LogP contribution in [0.3, 0.4) is 0 Å². The van der Waals surface area contributed by atoms with Crippen molar-refractivity contribution in [2.45, 2.75) is 46.5 Å². The fourth-order valence-electron chi connectivity index (χ4n) is 2.84. The second-order valence-corrected chi connectivity index (χ2v) is 6.39. The summed E-state index contributed by atoms with van der Waals surface area (Å²) in [5.74, 6) is 2.38. The summed E-state index contributed by atoms with van der Waals surface area (Å²) in [4.78, 5) is 0. The molecular formula is C23H34O3. The van der Waals surface area contributed by atoms with Gasteiger partial charge in [-0.2, -0.15) is 0 Å². The van der Waals surface area contributed by atoms with Crippen LogP contribution in [0.2, 0.25) is 0 Å². The highest BCUT2D eigenvalue weighted by Crippen LogP contribution is 2.41. The topological polar surface area (TPSA) is 27.7 Å². The first-order chi connectivity index (χ1) is 12.6. The van der Waals surface area contributed by atoms with Gasteiger partial charge in [-0.3, -0.25) is 0 Å². The van der Waals surface area contributed by atoms with Gasteiger partial charge >= 0.3 is 0 Å². The van der Waals surface area contributed by atoms with Crippen LogP contribution in [0.1, 0.15) is 52.0 Å². The van der Waals surface area contributed by atoms with Crippen molar-refractivity contribution in [3.63, 3.8) is 0 Å². The molecule has 1 aromatic rings. The molecule has 0 aliphatic heterocycles. The number of hydrogen-bond acceptors (Lipinski definition) is 3. The van der Waals surface area contributed by atoms with E-state index >= 15 is 0 Å². The van der Waals surface area contributed by atoms with E-state index in [-0.39, 0.29) is 0 Å². The van der Waals surface area contributed by atoms with E-state index in [1.807, 2.05) is 18.2 Å². The third kappa shape index (κ3) is 5.69. The van der Waals surface area contributed by atoms with Crippen molar-refractivity contribution in [2.75, 3.05) is 21.3 Å². The molecule has 144 valence electrons. The summed E-state index contributed by atoms with van der Waals surface area (Å²) >= 11 is 0. The molecule has 0 saturated carbocycles. The fraction of sp³-hybridized carbons (Fsp3) is 0.478. The molecule has 3 nitrogen and oxygen atoms in total. The van der Waals surface area contributed by atoms with Gasteiger partial charge < -0.3 is 14.2 Å². The zero-order valence-electron chi connectivity index (χ0n) is 17.2. The minimum absolute atomic E-state index is 0.409. The normalized spacial score (nSPS) is 13.3. The fourth-order valence-corrected chi connectivity index (χ4v) is 2.84. The molecule has 0 aliphatic carbocycles. The number of benzene rings is 1. The van der Waals surface area contributed by atoms with E-state index in [1.165, 1.54) is 24.0 Å². The van der Waals surface area contributed by atoms with Gasteiger partial charge in [-0.15, -0.1) is 0 Å². The number of hydrogen-bond donors (Lipinski definition) is 0. The molecule has 0 N–H and O–H groups in total. The Hall–Kier alpha value is -2.16. The Morgan fingerprint density at radius 3 is 2.08 bits per heavy atom. The Kier molecular flexibility index (Phi) is 9.64. The van der Waals surface area contributed by atoms with E-state index in [9.17, 15) is 0 Å². The molecule has 1 aromatic carbocycles. The van der Waals surface area contributed by atoms with Crippen molar-refractivity contribution in [2.24, 2.45) is 5.92 Å². The number of rotatable bonds is 11. The first kappa shape index (κ1) is 21.9. The summed E-state index contributed by atoms with van der Waals surface area (Å²) in [5.41, 5.74) is 3.60. The number of unbranched alkanes of at least 4 members (excludes halogenated alkanes) is 1. The van der Waals surface area contributed by atoms with E-state index in [2.05, 4.69) is 39.5 Å². The highest BCUT2D eigenvalue weighted by molar-refractivity contribution is 5.73. The van der Waals surface area contributed by atoms with Crippen LogP contribution < -0.4 is 14.2 Å². The molecule has 0 spiro atoms. The minimum Gasteiger partial charge on any atom is -0.493 e. The minimum atomic E-state index is 0.409. The van der Waals surface area contributed by atoms with Gasteiger partial charge in [0.1, 0.15) is 0 Å². The van der Waals surface area contributed by atoms with E-state index in [0.717, 1.165) is 18.4 Å². The zero-order chi connectivity index (χ0) is 19.5. The van der Waals surface area contributed by atoms with E-state index in [4.69, 9.17) is 14.2 Å². The zero-order valence-corrected chi connectivity index (χ0v) is 17.2. The molecule has 1 atom stereocenters. The second-order valence-electron chi connectivity index (χ2n) is 6.39. The summed E-state index contributed by atoms with van der Waals surface area (Å²) in [6, 6.07) is 4.04. The molecular weight excluding hydrogens is 324 g/mol. The summed E-state index contributed by atoms with van der Waals surface area (Å²) in [6.45, 7) is 10.6. The van der Waals surface area contributed by atoms with Crippen molar-refractivity contribution in [1.29, 1.82) is 0 Å². The van der Waals surface area contributed by atoms with Crippen LogP contribution in [0.5, 0.6) is 17.2 Å². The van der Waals surface area contributed by atoms with Crippen LogP contribution in [0.4, 0.5) is 0 Å². The molecule has 0 aromatic heterocycles. The molecule has 0 heterocycles. The van der Waals surface area contributed by atoms with Gasteiger partial charge in [0, 0.05) is 0 Å². The lowest BCUT2D eigenvalue weighted by Gasteiger charge is -2.19. The lowest BCUT2D eigenvalue weighted by molar-refractivity contribution is 0.324. The van der Waals surface area contributed by atoms with Gasteiger partial charge in [0.2, 0.25) is 5.75 Å². The van der Waals surface area contributed by atoms with Crippen molar-refractivity contribution in [1.82, 2.24) is 0 Å². The molecule has 0 radical (unpaired) electrons. The van der Waals surface area contributed by atoms with Crippen LogP contribution >= 0.6 is 0 Å².